The van der Waals surface area contributed by atoms with Crippen molar-refractivity contribution in [1.82, 2.24) is 9.88 Å². The molecule has 3 nitrogen and oxygen atoms in total. The molecule has 1 aromatic carbocycles. The molecule has 0 bridgehead atoms. The zero-order valence-electron chi connectivity index (χ0n) is 18.0. The standard InChI is InChI=1S/C24H41N3/c1-4-5-6-7-8-9-10-11-12-15-18-27(20-19-26(2)3)24-21-22-16-13-14-17-23(22)25-24/h13-14,16-17,21,25H,4-12,15,18-20H2,1-3H3. The van der Waals surface area contributed by atoms with Gasteiger partial charge in [0.2, 0.25) is 0 Å². The van der Waals surface area contributed by atoms with Gasteiger partial charge in [0, 0.05) is 30.5 Å². The van der Waals surface area contributed by atoms with Crippen LogP contribution in [0.3, 0.4) is 0 Å². The van der Waals surface area contributed by atoms with Gasteiger partial charge in [-0.2, -0.15) is 0 Å². The lowest BCUT2D eigenvalue weighted by molar-refractivity contribution is 0.411. The summed E-state index contributed by atoms with van der Waals surface area (Å²) in [7, 11) is 4.31. The second-order valence-electron chi connectivity index (χ2n) is 8.21. The first-order chi connectivity index (χ1) is 13.2. The second-order valence-corrected chi connectivity index (χ2v) is 8.21. The fourth-order valence-corrected chi connectivity index (χ4v) is 3.69. The Hall–Kier alpha value is -1.48. The van der Waals surface area contributed by atoms with Gasteiger partial charge in [0.1, 0.15) is 5.82 Å². The van der Waals surface area contributed by atoms with Crippen LogP contribution in [0.25, 0.3) is 10.9 Å². The molecule has 3 heteroatoms. The van der Waals surface area contributed by atoms with Crippen molar-refractivity contribution >= 4 is 16.7 Å². The molecule has 1 heterocycles. The summed E-state index contributed by atoms with van der Waals surface area (Å²) in [5.74, 6) is 1.27. The monoisotopic (exact) mass is 371 g/mol. The Morgan fingerprint density at radius 1 is 0.741 bits per heavy atom. The van der Waals surface area contributed by atoms with Gasteiger partial charge in [-0.1, -0.05) is 82.9 Å². The molecule has 1 N–H and O–H groups in total. The minimum Gasteiger partial charge on any atom is -0.357 e. The number of hydrogen-bond donors (Lipinski definition) is 1. The number of unbranched alkanes of at least 4 members (excludes halogenated alkanes) is 9. The van der Waals surface area contributed by atoms with Gasteiger partial charge in [0.25, 0.3) is 0 Å². The molecule has 0 atom stereocenters. The highest BCUT2D eigenvalue weighted by Gasteiger charge is 2.10. The highest BCUT2D eigenvalue weighted by Crippen LogP contribution is 2.22. The minimum atomic E-state index is 1.08. The van der Waals surface area contributed by atoms with Gasteiger partial charge in [-0.25, -0.2) is 0 Å². The van der Waals surface area contributed by atoms with E-state index >= 15 is 0 Å². The van der Waals surface area contributed by atoms with Crippen molar-refractivity contribution in [3.05, 3.63) is 30.3 Å². The summed E-state index contributed by atoms with van der Waals surface area (Å²) in [6, 6.07) is 10.9. The van der Waals surface area contributed by atoms with E-state index < -0.39 is 0 Å². The largest absolute Gasteiger partial charge is 0.357 e. The molecule has 0 unspecified atom stereocenters. The van der Waals surface area contributed by atoms with E-state index in [2.05, 4.69) is 66.1 Å². The molecule has 27 heavy (non-hydrogen) atoms. The number of rotatable bonds is 15. The fraction of sp³-hybridized carbons (Fsp3) is 0.667. The van der Waals surface area contributed by atoms with E-state index in [0.29, 0.717) is 0 Å². The van der Waals surface area contributed by atoms with Gasteiger partial charge in [-0.3, -0.25) is 0 Å². The van der Waals surface area contributed by atoms with Gasteiger partial charge < -0.3 is 14.8 Å². The third-order valence-corrected chi connectivity index (χ3v) is 5.46. The summed E-state index contributed by atoms with van der Waals surface area (Å²) in [5.41, 5.74) is 1.24. The van der Waals surface area contributed by atoms with Gasteiger partial charge in [-0.15, -0.1) is 0 Å². The summed E-state index contributed by atoms with van der Waals surface area (Å²) >= 11 is 0. The number of hydrogen-bond acceptors (Lipinski definition) is 2. The Balaban J connectivity index is 1.71. The van der Waals surface area contributed by atoms with Crippen molar-refractivity contribution in [2.24, 2.45) is 0 Å². The van der Waals surface area contributed by atoms with E-state index in [1.807, 2.05) is 0 Å². The number of para-hydroxylation sites is 1. The zero-order valence-corrected chi connectivity index (χ0v) is 18.0. The Labute approximate surface area is 167 Å². The number of aromatic nitrogens is 1. The van der Waals surface area contributed by atoms with E-state index in [9.17, 15) is 0 Å². The van der Waals surface area contributed by atoms with Crippen molar-refractivity contribution in [1.29, 1.82) is 0 Å². The maximum absolute atomic E-state index is 3.61. The van der Waals surface area contributed by atoms with Crippen LogP contribution in [0.5, 0.6) is 0 Å². The van der Waals surface area contributed by atoms with Crippen LogP contribution in [0.1, 0.15) is 71.1 Å². The van der Waals surface area contributed by atoms with E-state index in [1.54, 1.807) is 0 Å². The lowest BCUT2D eigenvalue weighted by Crippen LogP contribution is -2.32. The number of fused-ring (bicyclic) bond motifs is 1. The molecule has 152 valence electrons. The van der Waals surface area contributed by atoms with Crippen LogP contribution < -0.4 is 4.90 Å². The molecule has 0 fully saturated rings. The molecule has 0 spiro atoms. The van der Waals surface area contributed by atoms with E-state index in [4.69, 9.17) is 0 Å². The third-order valence-electron chi connectivity index (χ3n) is 5.46. The third kappa shape index (κ3) is 8.38. The Kier molecular flexibility index (Phi) is 10.4. The summed E-state index contributed by atoms with van der Waals surface area (Å²) in [6.07, 6.45) is 13.9. The molecule has 0 amide bonds. The molecule has 0 aliphatic rings. The summed E-state index contributed by atoms with van der Waals surface area (Å²) in [5, 5.41) is 1.31. The van der Waals surface area contributed by atoms with Gasteiger partial charge in [0.15, 0.2) is 0 Å². The Morgan fingerprint density at radius 3 is 2.00 bits per heavy atom. The number of nitrogens with one attached hydrogen (secondary N) is 1. The van der Waals surface area contributed by atoms with Crippen molar-refractivity contribution in [2.75, 3.05) is 38.6 Å². The number of aromatic amines is 1. The maximum atomic E-state index is 3.61. The molecule has 0 saturated heterocycles. The average Bonchev–Trinajstić information content (AvgIpc) is 3.09. The molecule has 0 radical (unpaired) electrons. The van der Waals surface area contributed by atoms with Crippen LogP contribution in [-0.2, 0) is 0 Å². The van der Waals surface area contributed by atoms with Crippen molar-refractivity contribution < 1.29 is 0 Å². The van der Waals surface area contributed by atoms with Crippen LogP contribution >= 0.6 is 0 Å². The van der Waals surface area contributed by atoms with Crippen LogP contribution in [0, 0.1) is 0 Å². The number of nitrogens with zero attached hydrogens (tertiary/aromatic N) is 2. The van der Waals surface area contributed by atoms with E-state index in [-0.39, 0.29) is 0 Å². The van der Waals surface area contributed by atoms with Crippen molar-refractivity contribution in [3.8, 4) is 0 Å². The summed E-state index contributed by atoms with van der Waals surface area (Å²) in [6.45, 7) is 5.61. The molecule has 2 aromatic rings. The topological polar surface area (TPSA) is 22.3 Å². The SMILES string of the molecule is CCCCCCCCCCCCN(CCN(C)C)c1cc2ccccc2[nH]1. The molecule has 0 aliphatic carbocycles. The van der Waals surface area contributed by atoms with Gasteiger partial charge in [-0.05, 0) is 32.6 Å². The van der Waals surface area contributed by atoms with Crippen LogP contribution in [0.15, 0.2) is 30.3 Å². The van der Waals surface area contributed by atoms with Crippen molar-refractivity contribution in [3.63, 3.8) is 0 Å². The van der Waals surface area contributed by atoms with Gasteiger partial charge in [0.05, 0.1) is 0 Å². The average molecular weight is 372 g/mol. The molecule has 0 aliphatic heterocycles. The Morgan fingerprint density at radius 2 is 1.37 bits per heavy atom. The highest BCUT2D eigenvalue weighted by atomic mass is 15.2. The molecule has 1 aromatic heterocycles. The number of H-pyrrole nitrogens is 1. The Bertz CT molecular complexity index is 584. The number of likely N-dealkylation sites (N-methyl/N-ethyl adjacent to an activating group) is 1. The van der Waals surface area contributed by atoms with Gasteiger partial charge >= 0.3 is 0 Å². The number of anilines is 1. The number of benzene rings is 1. The van der Waals surface area contributed by atoms with E-state index in [1.165, 1.54) is 80.9 Å². The minimum absolute atomic E-state index is 1.08. The summed E-state index contributed by atoms with van der Waals surface area (Å²) < 4.78 is 0. The predicted octanol–water partition coefficient (Wildman–Crippen LogP) is 6.46. The van der Waals surface area contributed by atoms with Crippen LogP contribution in [0.4, 0.5) is 5.82 Å². The normalized spacial score (nSPS) is 11.6. The van der Waals surface area contributed by atoms with Crippen LogP contribution in [-0.4, -0.2) is 43.6 Å². The lowest BCUT2D eigenvalue weighted by atomic mass is 10.1. The fourth-order valence-electron chi connectivity index (χ4n) is 3.69. The first-order valence-electron chi connectivity index (χ1n) is 11.2. The maximum Gasteiger partial charge on any atom is 0.106 e. The summed E-state index contributed by atoms with van der Waals surface area (Å²) in [4.78, 5) is 8.42. The lowest BCUT2D eigenvalue weighted by Gasteiger charge is -2.25. The second kappa shape index (κ2) is 12.8. The molecule has 2 rings (SSSR count). The first kappa shape index (κ1) is 21.8. The van der Waals surface area contributed by atoms with Crippen LogP contribution in [0.2, 0.25) is 0 Å². The van der Waals surface area contributed by atoms with Crippen molar-refractivity contribution in [2.45, 2.75) is 71.1 Å². The predicted molar refractivity (Wildman–Crippen MR) is 121 cm³/mol. The van der Waals surface area contributed by atoms with E-state index in [0.717, 1.165) is 19.6 Å². The molecular formula is C24H41N3. The highest BCUT2D eigenvalue weighted by molar-refractivity contribution is 5.83. The first-order valence-corrected chi connectivity index (χ1v) is 11.2. The smallest absolute Gasteiger partial charge is 0.106 e. The molecule has 0 saturated carbocycles. The molecular weight excluding hydrogens is 330 g/mol. The zero-order chi connectivity index (χ0) is 19.3. The quantitative estimate of drug-likeness (QED) is 0.363.